The van der Waals surface area contributed by atoms with Crippen LogP contribution in [0.5, 0.6) is 5.75 Å². The van der Waals surface area contributed by atoms with Gasteiger partial charge in [-0.25, -0.2) is 4.39 Å². The number of anilines is 2. The molecule has 4 nitrogen and oxygen atoms in total. The van der Waals surface area contributed by atoms with Crippen LogP contribution in [-0.4, -0.2) is 44.2 Å². The lowest BCUT2D eigenvalue weighted by Gasteiger charge is -2.38. The Morgan fingerprint density at radius 3 is 2.37 bits per heavy atom. The summed E-state index contributed by atoms with van der Waals surface area (Å²) < 4.78 is 18.6. The Morgan fingerprint density at radius 2 is 1.84 bits per heavy atom. The number of rotatable bonds is 3. The van der Waals surface area contributed by atoms with Gasteiger partial charge in [0.2, 0.25) is 0 Å². The molecule has 1 aliphatic rings. The first kappa shape index (κ1) is 13.9. The van der Waals surface area contributed by atoms with Crippen LogP contribution in [0, 0.1) is 5.82 Å². The summed E-state index contributed by atoms with van der Waals surface area (Å²) in [6, 6.07) is 3.58. The normalized spacial score (nSPS) is 17.0. The summed E-state index contributed by atoms with van der Waals surface area (Å²) >= 11 is 0. The van der Waals surface area contributed by atoms with Crippen LogP contribution in [0.1, 0.15) is 13.8 Å². The molecule has 0 unspecified atom stereocenters. The van der Waals surface area contributed by atoms with Crippen molar-refractivity contribution < 1.29 is 9.13 Å². The van der Waals surface area contributed by atoms with Gasteiger partial charge >= 0.3 is 0 Å². The second-order valence-corrected chi connectivity index (χ2v) is 5.16. The van der Waals surface area contributed by atoms with E-state index in [0.29, 0.717) is 11.7 Å². The topological polar surface area (TPSA) is 41.7 Å². The zero-order valence-electron chi connectivity index (χ0n) is 11.8. The van der Waals surface area contributed by atoms with Gasteiger partial charge in [0.15, 0.2) is 11.6 Å². The molecule has 0 aromatic heterocycles. The first-order valence-corrected chi connectivity index (χ1v) is 6.65. The van der Waals surface area contributed by atoms with Crippen LogP contribution < -0.4 is 15.4 Å². The second kappa shape index (κ2) is 5.65. The van der Waals surface area contributed by atoms with Crippen LogP contribution in [0.2, 0.25) is 0 Å². The van der Waals surface area contributed by atoms with E-state index in [1.54, 1.807) is 6.07 Å². The molecule has 2 rings (SSSR count). The number of methoxy groups -OCH3 is 1. The van der Waals surface area contributed by atoms with E-state index in [1.807, 2.05) is 0 Å². The molecule has 1 aromatic rings. The Kier molecular flexibility index (Phi) is 4.14. The van der Waals surface area contributed by atoms with E-state index in [-0.39, 0.29) is 5.75 Å². The van der Waals surface area contributed by atoms with E-state index in [0.717, 1.165) is 31.9 Å². The lowest BCUT2D eigenvalue weighted by atomic mass is 10.2. The van der Waals surface area contributed by atoms with Crippen molar-refractivity contribution in [3.8, 4) is 5.75 Å². The molecule has 0 saturated carbocycles. The van der Waals surface area contributed by atoms with Gasteiger partial charge in [-0.2, -0.15) is 0 Å². The summed E-state index contributed by atoms with van der Waals surface area (Å²) in [5.74, 6) is -0.167. The zero-order chi connectivity index (χ0) is 14.0. The number of nitrogens with two attached hydrogens (primary N) is 1. The molecule has 0 spiro atoms. The van der Waals surface area contributed by atoms with Crippen molar-refractivity contribution in [1.82, 2.24) is 4.90 Å². The number of nitrogens with zero attached hydrogens (tertiary/aromatic N) is 2. The molecular formula is C14H22FN3O. The third-order valence-electron chi connectivity index (χ3n) is 3.69. The summed E-state index contributed by atoms with van der Waals surface area (Å²) in [6.07, 6.45) is 0. The fourth-order valence-electron chi connectivity index (χ4n) is 2.47. The van der Waals surface area contributed by atoms with Gasteiger partial charge in [-0.3, -0.25) is 4.90 Å². The van der Waals surface area contributed by atoms with Crippen molar-refractivity contribution in [3.05, 3.63) is 17.9 Å². The molecule has 1 aliphatic heterocycles. The van der Waals surface area contributed by atoms with Crippen molar-refractivity contribution in [1.29, 1.82) is 0 Å². The molecule has 0 amide bonds. The minimum atomic E-state index is -0.412. The summed E-state index contributed by atoms with van der Waals surface area (Å²) in [7, 11) is 1.47. The smallest absolute Gasteiger partial charge is 0.167 e. The Balaban J connectivity index is 2.15. The largest absolute Gasteiger partial charge is 0.494 e. The minimum Gasteiger partial charge on any atom is -0.494 e. The van der Waals surface area contributed by atoms with Gasteiger partial charge in [0, 0.05) is 44.4 Å². The van der Waals surface area contributed by atoms with Crippen LogP contribution in [0.3, 0.4) is 0 Å². The molecule has 1 saturated heterocycles. The van der Waals surface area contributed by atoms with Crippen molar-refractivity contribution in [2.75, 3.05) is 43.9 Å². The SMILES string of the molecule is COc1cc(N2CCN(C(C)C)CC2)c(N)cc1F. The Labute approximate surface area is 113 Å². The first-order chi connectivity index (χ1) is 9.02. The molecule has 1 heterocycles. The zero-order valence-corrected chi connectivity index (χ0v) is 11.8. The van der Waals surface area contributed by atoms with Crippen molar-refractivity contribution in [3.63, 3.8) is 0 Å². The molecule has 1 fully saturated rings. The highest BCUT2D eigenvalue weighted by molar-refractivity contribution is 5.70. The number of ether oxygens (including phenoxy) is 1. The van der Waals surface area contributed by atoms with Crippen LogP contribution in [0.4, 0.5) is 15.8 Å². The fraction of sp³-hybridized carbons (Fsp3) is 0.571. The molecule has 106 valence electrons. The van der Waals surface area contributed by atoms with Gasteiger partial charge in [-0.15, -0.1) is 0 Å². The van der Waals surface area contributed by atoms with Gasteiger partial charge < -0.3 is 15.4 Å². The maximum atomic E-state index is 13.5. The predicted molar refractivity (Wildman–Crippen MR) is 76.3 cm³/mol. The van der Waals surface area contributed by atoms with E-state index in [4.69, 9.17) is 10.5 Å². The van der Waals surface area contributed by atoms with E-state index in [9.17, 15) is 4.39 Å². The molecule has 2 N–H and O–H groups in total. The fourth-order valence-corrected chi connectivity index (χ4v) is 2.47. The van der Waals surface area contributed by atoms with E-state index >= 15 is 0 Å². The van der Waals surface area contributed by atoms with Crippen LogP contribution in [0.25, 0.3) is 0 Å². The summed E-state index contributed by atoms with van der Waals surface area (Å²) in [6.45, 7) is 8.19. The molecule has 19 heavy (non-hydrogen) atoms. The van der Waals surface area contributed by atoms with Gasteiger partial charge in [0.25, 0.3) is 0 Å². The third kappa shape index (κ3) is 2.92. The maximum Gasteiger partial charge on any atom is 0.167 e. The van der Waals surface area contributed by atoms with Crippen molar-refractivity contribution in [2.24, 2.45) is 0 Å². The van der Waals surface area contributed by atoms with Crippen LogP contribution in [0.15, 0.2) is 12.1 Å². The molecule has 0 atom stereocenters. The van der Waals surface area contributed by atoms with E-state index in [1.165, 1.54) is 13.2 Å². The predicted octanol–water partition coefficient (Wildman–Crippen LogP) is 1.95. The average Bonchev–Trinajstić information content (AvgIpc) is 2.39. The van der Waals surface area contributed by atoms with Crippen molar-refractivity contribution in [2.45, 2.75) is 19.9 Å². The third-order valence-corrected chi connectivity index (χ3v) is 3.69. The highest BCUT2D eigenvalue weighted by Gasteiger charge is 2.21. The average molecular weight is 267 g/mol. The highest BCUT2D eigenvalue weighted by atomic mass is 19.1. The Bertz CT molecular complexity index is 443. The molecule has 5 heteroatoms. The molecule has 0 radical (unpaired) electrons. The molecular weight excluding hydrogens is 245 g/mol. The Hall–Kier alpha value is -1.49. The number of nitrogen functional groups attached to an aromatic ring is 1. The van der Waals surface area contributed by atoms with Gasteiger partial charge in [-0.1, -0.05) is 0 Å². The van der Waals surface area contributed by atoms with Gasteiger partial charge in [-0.05, 0) is 13.8 Å². The summed E-state index contributed by atoms with van der Waals surface area (Å²) in [5.41, 5.74) is 7.25. The second-order valence-electron chi connectivity index (χ2n) is 5.16. The first-order valence-electron chi connectivity index (χ1n) is 6.65. The van der Waals surface area contributed by atoms with Crippen molar-refractivity contribution >= 4 is 11.4 Å². The monoisotopic (exact) mass is 267 g/mol. The van der Waals surface area contributed by atoms with Gasteiger partial charge in [0.05, 0.1) is 18.5 Å². The lowest BCUT2D eigenvalue weighted by Crippen LogP contribution is -2.49. The molecule has 0 bridgehead atoms. The summed E-state index contributed by atoms with van der Waals surface area (Å²) in [4.78, 5) is 4.61. The number of piperazine rings is 1. The molecule has 1 aromatic carbocycles. The number of benzene rings is 1. The van der Waals surface area contributed by atoms with Crippen LogP contribution >= 0.6 is 0 Å². The lowest BCUT2D eigenvalue weighted by molar-refractivity contribution is 0.209. The number of halogens is 1. The summed E-state index contributed by atoms with van der Waals surface area (Å²) in [5, 5.41) is 0. The Morgan fingerprint density at radius 1 is 1.21 bits per heavy atom. The number of hydrogen-bond acceptors (Lipinski definition) is 4. The number of hydrogen-bond donors (Lipinski definition) is 1. The quantitative estimate of drug-likeness (QED) is 0.850. The standard InChI is InChI=1S/C14H22FN3O/c1-10(2)17-4-6-18(7-5-17)13-9-14(19-3)11(15)8-12(13)16/h8-10H,4-7,16H2,1-3H3. The highest BCUT2D eigenvalue weighted by Crippen LogP contribution is 2.31. The molecule has 0 aliphatic carbocycles. The van der Waals surface area contributed by atoms with E-state index in [2.05, 4.69) is 23.6 Å². The van der Waals surface area contributed by atoms with Crippen LogP contribution in [-0.2, 0) is 0 Å². The minimum absolute atomic E-state index is 0.246. The maximum absolute atomic E-state index is 13.5. The van der Waals surface area contributed by atoms with Gasteiger partial charge in [0.1, 0.15) is 0 Å². The van der Waals surface area contributed by atoms with E-state index < -0.39 is 5.82 Å².